The number of aliphatic hydroxyl groups excluding tert-OH is 1. The second kappa shape index (κ2) is 12.8. The molecule has 10 heteroatoms. The topological polar surface area (TPSA) is 101 Å². The molecule has 0 radical (unpaired) electrons. The number of carbonyl (C=O) groups is 2. The van der Waals surface area contributed by atoms with Crippen LogP contribution in [0.1, 0.15) is 66.2 Å². The maximum Gasteiger partial charge on any atom is 0.308 e. The van der Waals surface area contributed by atoms with E-state index in [1.54, 1.807) is 0 Å². The normalized spacial score (nSPS) is 33.2. The summed E-state index contributed by atoms with van der Waals surface area (Å²) in [6.07, 6.45) is 0.927. The van der Waals surface area contributed by atoms with Gasteiger partial charge in [0.2, 0.25) is 0 Å². The lowest BCUT2D eigenvalue weighted by molar-refractivity contribution is -0.255. The SMILES string of the molecule is C=C(I)C[C@H](C)CCC(=O)/C=C1/O[C@H]2C(O[Si](C)(C)C(C)(C)C)[C@H]3O[C@@H](CC(=O)OC)CC[C@@H]3O[C@H]2[C@H]1O. The Kier molecular flexibility index (Phi) is 10.7. The van der Waals surface area contributed by atoms with Crippen molar-refractivity contribution in [2.75, 3.05) is 7.11 Å². The van der Waals surface area contributed by atoms with Crippen LogP contribution < -0.4 is 0 Å². The van der Waals surface area contributed by atoms with Crippen LogP contribution in [-0.2, 0) is 33.0 Å². The van der Waals surface area contributed by atoms with Gasteiger partial charge in [-0.3, -0.25) is 9.59 Å². The first-order valence-electron chi connectivity index (χ1n) is 13.6. The van der Waals surface area contributed by atoms with E-state index >= 15 is 0 Å². The van der Waals surface area contributed by atoms with Gasteiger partial charge in [-0.1, -0.05) is 34.3 Å². The van der Waals surface area contributed by atoms with Crippen LogP contribution >= 0.6 is 22.6 Å². The molecule has 0 bridgehead atoms. The monoisotopic (exact) mass is 664 g/mol. The highest BCUT2D eigenvalue weighted by Gasteiger charge is 2.59. The number of methoxy groups -OCH3 is 1. The van der Waals surface area contributed by atoms with Crippen molar-refractivity contribution in [1.82, 2.24) is 0 Å². The number of esters is 1. The van der Waals surface area contributed by atoms with Crippen LogP contribution in [0.2, 0.25) is 18.1 Å². The molecule has 0 saturated carbocycles. The third-order valence-electron chi connectivity index (χ3n) is 8.28. The highest BCUT2D eigenvalue weighted by Crippen LogP contribution is 2.45. The molecule has 3 rings (SSSR count). The van der Waals surface area contributed by atoms with Gasteiger partial charge in [0.25, 0.3) is 0 Å². The molecule has 3 heterocycles. The molecule has 3 aliphatic rings. The van der Waals surface area contributed by atoms with Gasteiger partial charge in [-0.25, -0.2) is 0 Å². The van der Waals surface area contributed by atoms with Crippen LogP contribution in [0, 0.1) is 5.92 Å². The van der Waals surface area contributed by atoms with Gasteiger partial charge in [0.1, 0.15) is 30.2 Å². The van der Waals surface area contributed by atoms with Gasteiger partial charge in [0.15, 0.2) is 20.2 Å². The smallest absolute Gasteiger partial charge is 0.308 e. The van der Waals surface area contributed by atoms with Crippen LogP contribution in [0.3, 0.4) is 0 Å². The van der Waals surface area contributed by atoms with Crippen molar-refractivity contribution in [2.24, 2.45) is 5.92 Å². The van der Waals surface area contributed by atoms with E-state index < -0.39 is 38.8 Å². The van der Waals surface area contributed by atoms with E-state index in [4.69, 9.17) is 23.4 Å². The molecule has 0 aromatic heterocycles. The number of rotatable bonds is 10. The van der Waals surface area contributed by atoms with Crippen LogP contribution in [-0.4, -0.2) is 75.0 Å². The number of hydrogen-bond donors (Lipinski definition) is 1. The summed E-state index contributed by atoms with van der Waals surface area (Å²) in [7, 11) is -0.917. The van der Waals surface area contributed by atoms with Crippen molar-refractivity contribution in [2.45, 2.75) is 127 Å². The highest BCUT2D eigenvalue weighted by molar-refractivity contribution is 14.1. The van der Waals surface area contributed by atoms with E-state index in [0.29, 0.717) is 25.2 Å². The summed E-state index contributed by atoms with van der Waals surface area (Å²) in [6, 6.07) is 0. The summed E-state index contributed by atoms with van der Waals surface area (Å²) in [6.45, 7) is 16.9. The lowest BCUT2D eigenvalue weighted by Crippen LogP contribution is -2.64. The van der Waals surface area contributed by atoms with Crippen molar-refractivity contribution in [3.05, 3.63) is 22.0 Å². The van der Waals surface area contributed by atoms with E-state index in [2.05, 4.69) is 70.0 Å². The molecule has 0 aromatic carbocycles. The Balaban J connectivity index is 1.82. The maximum absolute atomic E-state index is 12.8. The second-order valence-electron chi connectivity index (χ2n) is 12.5. The standard InChI is InChI=1S/C28H45IO8Si/c1-16(13-17(2)29)9-10-18(30)14-21-23(32)25-26(36-21)27(37-38(7,8)28(3,4)5)24-20(35-25)12-11-19(34-24)15-22(31)33-6/h14,16,19-20,23-27,32H,2,9-13,15H2,1,3-8H3/b21-14+/t16-,19-,20+,23+,24+,25+,26-,27?/m1/s1. The van der Waals surface area contributed by atoms with Crippen molar-refractivity contribution < 1.29 is 38.1 Å². The third-order valence-corrected chi connectivity index (χ3v) is 13.2. The zero-order chi connectivity index (χ0) is 28.4. The Morgan fingerprint density at radius 3 is 2.50 bits per heavy atom. The number of fused-ring (bicyclic) bond motifs is 2. The molecule has 0 spiro atoms. The summed E-state index contributed by atoms with van der Waals surface area (Å²) in [5.41, 5.74) is 0. The van der Waals surface area contributed by atoms with Crippen molar-refractivity contribution >= 4 is 42.7 Å². The molecular weight excluding hydrogens is 619 g/mol. The fourth-order valence-corrected chi connectivity index (χ4v) is 7.10. The number of ether oxygens (including phenoxy) is 4. The van der Waals surface area contributed by atoms with Gasteiger partial charge in [0.05, 0.1) is 25.7 Å². The molecule has 0 aromatic rings. The lowest BCUT2D eigenvalue weighted by Gasteiger charge is -2.50. The molecule has 1 unspecified atom stereocenters. The molecular formula is C28H45IO8Si. The summed E-state index contributed by atoms with van der Waals surface area (Å²) in [5, 5.41) is 11.1. The molecule has 3 aliphatic heterocycles. The first-order valence-corrected chi connectivity index (χ1v) is 17.6. The van der Waals surface area contributed by atoms with Crippen molar-refractivity contribution in [3.8, 4) is 0 Å². The van der Waals surface area contributed by atoms with Gasteiger partial charge in [-0.2, -0.15) is 0 Å². The van der Waals surface area contributed by atoms with Crippen molar-refractivity contribution in [3.63, 3.8) is 0 Å². The van der Waals surface area contributed by atoms with Gasteiger partial charge in [-0.15, -0.1) is 0 Å². The number of ketones is 1. The quantitative estimate of drug-likeness (QED) is 0.147. The fourth-order valence-electron chi connectivity index (χ4n) is 5.05. The van der Waals surface area contributed by atoms with Crippen LogP contribution in [0.25, 0.3) is 0 Å². The largest absolute Gasteiger partial charge is 0.486 e. The second-order valence-corrected chi connectivity index (χ2v) is 18.7. The van der Waals surface area contributed by atoms with Gasteiger partial charge in [-0.05, 0) is 75.9 Å². The Bertz CT molecular complexity index is 913. The number of carbonyl (C=O) groups excluding carboxylic acids is 2. The average molecular weight is 665 g/mol. The summed E-state index contributed by atoms with van der Waals surface area (Å²) in [4.78, 5) is 24.7. The van der Waals surface area contributed by atoms with E-state index in [1.807, 2.05) is 0 Å². The first kappa shape index (κ1) is 31.7. The van der Waals surface area contributed by atoms with E-state index in [0.717, 1.165) is 16.4 Å². The van der Waals surface area contributed by atoms with Crippen LogP contribution in [0.15, 0.2) is 22.0 Å². The van der Waals surface area contributed by atoms with E-state index in [9.17, 15) is 14.7 Å². The van der Waals surface area contributed by atoms with Gasteiger partial charge >= 0.3 is 5.97 Å². The Labute approximate surface area is 242 Å². The zero-order valence-corrected chi connectivity index (χ0v) is 27.0. The Morgan fingerprint density at radius 2 is 1.89 bits per heavy atom. The maximum atomic E-state index is 12.8. The summed E-state index contributed by atoms with van der Waals surface area (Å²) >= 11 is 2.21. The van der Waals surface area contributed by atoms with Gasteiger partial charge < -0.3 is 28.5 Å². The molecule has 38 heavy (non-hydrogen) atoms. The molecule has 3 saturated heterocycles. The zero-order valence-electron chi connectivity index (χ0n) is 23.8. The van der Waals surface area contributed by atoms with Gasteiger partial charge in [0, 0.05) is 12.5 Å². The molecule has 8 nitrogen and oxygen atoms in total. The Hall–Kier alpha value is -0.793. The predicted molar refractivity (Wildman–Crippen MR) is 155 cm³/mol. The fraction of sp³-hybridized carbons (Fsp3) is 0.786. The van der Waals surface area contributed by atoms with Crippen LogP contribution in [0.5, 0.6) is 0 Å². The van der Waals surface area contributed by atoms with Crippen LogP contribution in [0.4, 0.5) is 0 Å². The number of allylic oxidation sites excluding steroid dienone is 2. The Morgan fingerprint density at radius 1 is 1.21 bits per heavy atom. The predicted octanol–water partition coefficient (Wildman–Crippen LogP) is 5.22. The molecule has 1 N–H and O–H groups in total. The lowest BCUT2D eigenvalue weighted by atomic mass is 9.88. The summed E-state index contributed by atoms with van der Waals surface area (Å²) in [5.74, 6) is 0.169. The summed E-state index contributed by atoms with van der Waals surface area (Å²) < 4.78 is 31.8. The van der Waals surface area contributed by atoms with E-state index in [1.165, 1.54) is 13.2 Å². The van der Waals surface area contributed by atoms with Crippen molar-refractivity contribution in [1.29, 1.82) is 0 Å². The molecule has 0 aliphatic carbocycles. The minimum absolute atomic E-state index is 0.0673. The number of halogens is 1. The molecule has 3 fully saturated rings. The number of aliphatic hydroxyl groups is 1. The van der Waals surface area contributed by atoms with E-state index in [-0.39, 0.29) is 41.2 Å². The average Bonchev–Trinajstić information content (AvgIpc) is 3.11. The third kappa shape index (κ3) is 7.69. The minimum Gasteiger partial charge on any atom is -0.486 e. The first-order chi connectivity index (χ1) is 17.6. The molecule has 8 atom stereocenters. The minimum atomic E-state index is -2.29. The molecule has 0 amide bonds. The molecule has 216 valence electrons. The highest BCUT2D eigenvalue weighted by atomic mass is 127. The number of hydrogen-bond acceptors (Lipinski definition) is 8.